The predicted octanol–water partition coefficient (Wildman–Crippen LogP) is 3.05. The Balaban J connectivity index is 3.98. The van der Waals surface area contributed by atoms with Crippen LogP contribution in [0.2, 0.25) is 0 Å². The van der Waals surface area contributed by atoms with Crippen molar-refractivity contribution in [2.45, 2.75) is 78.3 Å². The zero-order chi connectivity index (χ0) is 12.3. The summed E-state index contributed by atoms with van der Waals surface area (Å²) in [5.74, 6) is 0. The molecule has 0 rings (SSSR count). The van der Waals surface area contributed by atoms with E-state index in [4.69, 9.17) is 11.5 Å². The molecule has 0 aromatic rings. The summed E-state index contributed by atoms with van der Waals surface area (Å²) in [4.78, 5) is 0. The molecule has 0 saturated carbocycles. The van der Waals surface area contributed by atoms with E-state index in [1.807, 2.05) is 0 Å². The Morgan fingerprint density at radius 1 is 0.600 bits per heavy atom. The summed E-state index contributed by atoms with van der Waals surface area (Å²) < 4.78 is 0. The molecule has 4 N–H and O–H groups in total. The monoisotopic (exact) mass is 214 g/mol. The number of rotatable bonds is 6. The van der Waals surface area contributed by atoms with Gasteiger partial charge in [-0.05, 0) is 58.8 Å². The van der Waals surface area contributed by atoms with Crippen molar-refractivity contribution in [3.8, 4) is 0 Å². The van der Waals surface area contributed by atoms with E-state index >= 15 is 0 Å². The van der Waals surface area contributed by atoms with Gasteiger partial charge in [-0.1, -0.05) is 13.8 Å². The fourth-order valence-corrected chi connectivity index (χ4v) is 1.45. The van der Waals surface area contributed by atoms with Gasteiger partial charge in [-0.15, -0.1) is 0 Å². The van der Waals surface area contributed by atoms with Crippen LogP contribution in [0.5, 0.6) is 0 Å². The molecule has 0 unspecified atom stereocenters. The molecular formula is C13H30N2. The van der Waals surface area contributed by atoms with Crippen molar-refractivity contribution in [2.24, 2.45) is 16.9 Å². The summed E-state index contributed by atoms with van der Waals surface area (Å²) >= 11 is 0. The van der Waals surface area contributed by atoms with Gasteiger partial charge in [0, 0.05) is 11.1 Å². The molecule has 0 aliphatic carbocycles. The van der Waals surface area contributed by atoms with Crippen LogP contribution in [-0.4, -0.2) is 11.1 Å². The molecule has 0 aromatic heterocycles. The van der Waals surface area contributed by atoms with E-state index in [1.54, 1.807) is 0 Å². The predicted molar refractivity (Wildman–Crippen MR) is 68.8 cm³/mol. The minimum Gasteiger partial charge on any atom is -0.326 e. The van der Waals surface area contributed by atoms with Gasteiger partial charge in [0.05, 0.1) is 0 Å². The van der Waals surface area contributed by atoms with Crippen molar-refractivity contribution in [1.29, 1.82) is 0 Å². The number of hydrogen-bond acceptors (Lipinski definition) is 2. The summed E-state index contributed by atoms with van der Waals surface area (Å²) in [7, 11) is 0. The van der Waals surface area contributed by atoms with Crippen molar-refractivity contribution in [3.05, 3.63) is 0 Å². The van der Waals surface area contributed by atoms with Crippen LogP contribution in [0.3, 0.4) is 0 Å². The average molecular weight is 214 g/mol. The van der Waals surface area contributed by atoms with E-state index in [2.05, 4.69) is 41.5 Å². The first-order chi connectivity index (χ1) is 6.41. The molecule has 0 fully saturated rings. The maximum atomic E-state index is 6.00. The molecule has 15 heavy (non-hydrogen) atoms. The van der Waals surface area contributed by atoms with Crippen molar-refractivity contribution < 1.29 is 0 Å². The largest absolute Gasteiger partial charge is 0.326 e. The van der Waals surface area contributed by atoms with Gasteiger partial charge in [0.15, 0.2) is 0 Å². The van der Waals surface area contributed by atoms with Crippen LogP contribution in [0.15, 0.2) is 0 Å². The van der Waals surface area contributed by atoms with Gasteiger partial charge in [-0.25, -0.2) is 0 Å². The molecule has 0 spiro atoms. The van der Waals surface area contributed by atoms with E-state index in [1.165, 1.54) is 12.8 Å². The highest BCUT2D eigenvalue weighted by atomic mass is 14.7. The Bertz CT molecular complexity index is 162. The summed E-state index contributed by atoms with van der Waals surface area (Å²) in [5.41, 5.74) is 12.3. The van der Waals surface area contributed by atoms with Gasteiger partial charge in [0.1, 0.15) is 0 Å². The van der Waals surface area contributed by atoms with Gasteiger partial charge in [-0.2, -0.15) is 0 Å². The topological polar surface area (TPSA) is 52.0 Å². The first kappa shape index (κ1) is 14.9. The molecule has 0 radical (unpaired) electrons. The van der Waals surface area contributed by atoms with Crippen molar-refractivity contribution in [1.82, 2.24) is 0 Å². The van der Waals surface area contributed by atoms with Crippen LogP contribution in [-0.2, 0) is 0 Å². The third-order valence-electron chi connectivity index (χ3n) is 2.89. The van der Waals surface area contributed by atoms with Crippen LogP contribution in [0.1, 0.15) is 67.2 Å². The SMILES string of the molecule is CC(C)(N)CCC(C)(C)CCC(C)(C)N. The number of nitrogens with two attached hydrogens (primary N) is 2. The lowest BCUT2D eigenvalue weighted by Gasteiger charge is -2.31. The minimum atomic E-state index is -0.0461. The standard InChI is InChI=1S/C13H30N2/c1-11(2,7-9-12(3,4)14)8-10-13(5,6)15/h7-10,14-15H2,1-6H3. The fourth-order valence-electron chi connectivity index (χ4n) is 1.45. The fraction of sp³-hybridized carbons (Fsp3) is 1.00. The summed E-state index contributed by atoms with van der Waals surface area (Å²) in [6.07, 6.45) is 4.50. The highest BCUT2D eigenvalue weighted by Crippen LogP contribution is 2.32. The van der Waals surface area contributed by atoms with E-state index in [9.17, 15) is 0 Å². The number of hydrogen-bond donors (Lipinski definition) is 2. The molecular weight excluding hydrogens is 184 g/mol. The van der Waals surface area contributed by atoms with Crippen LogP contribution in [0, 0.1) is 5.41 Å². The smallest absolute Gasteiger partial charge is 0.00972 e. The van der Waals surface area contributed by atoms with E-state index < -0.39 is 0 Å². The second kappa shape index (κ2) is 4.84. The molecule has 0 bridgehead atoms. The second-order valence-corrected chi connectivity index (χ2v) is 7.14. The third-order valence-corrected chi connectivity index (χ3v) is 2.89. The summed E-state index contributed by atoms with van der Waals surface area (Å²) in [6, 6.07) is 0. The quantitative estimate of drug-likeness (QED) is 0.714. The van der Waals surface area contributed by atoms with Gasteiger partial charge in [0.2, 0.25) is 0 Å². The van der Waals surface area contributed by atoms with Crippen molar-refractivity contribution >= 4 is 0 Å². The van der Waals surface area contributed by atoms with Crippen LogP contribution in [0.4, 0.5) is 0 Å². The molecule has 2 nitrogen and oxygen atoms in total. The summed E-state index contributed by atoms with van der Waals surface area (Å²) in [6.45, 7) is 13.0. The Kier molecular flexibility index (Phi) is 4.81. The minimum absolute atomic E-state index is 0.0461. The second-order valence-electron chi connectivity index (χ2n) is 7.14. The molecule has 0 aromatic carbocycles. The lowest BCUT2D eigenvalue weighted by atomic mass is 9.77. The Morgan fingerprint density at radius 3 is 1.07 bits per heavy atom. The highest BCUT2D eigenvalue weighted by Gasteiger charge is 2.24. The van der Waals surface area contributed by atoms with E-state index in [0.29, 0.717) is 5.41 Å². The molecule has 92 valence electrons. The van der Waals surface area contributed by atoms with Gasteiger partial charge < -0.3 is 11.5 Å². The first-order valence-electron chi connectivity index (χ1n) is 5.99. The molecule has 0 atom stereocenters. The molecule has 0 heterocycles. The lowest BCUT2D eigenvalue weighted by molar-refractivity contribution is 0.242. The first-order valence-corrected chi connectivity index (χ1v) is 5.99. The highest BCUT2D eigenvalue weighted by molar-refractivity contribution is 4.81. The lowest BCUT2D eigenvalue weighted by Crippen LogP contribution is -2.35. The van der Waals surface area contributed by atoms with Gasteiger partial charge in [-0.3, -0.25) is 0 Å². The molecule has 2 heteroatoms. The van der Waals surface area contributed by atoms with Crippen molar-refractivity contribution in [2.75, 3.05) is 0 Å². The molecule has 0 amide bonds. The third kappa shape index (κ3) is 10.2. The van der Waals surface area contributed by atoms with Crippen molar-refractivity contribution in [3.63, 3.8) is 0 Å². The summed E-state index contributed by atoms with van der Waals surface area (Å²) in [5, 5.41) is 0. The normalized spacial score (nSPS) is 14.4. The molecule has 0 aliphatic rings. The Labute approximate surface area is 95.8 Å². The van der Waals surface area contributed by atoms with E-state index in [-0.39, 0.29) is 11.1 Å². The zero-order valence-electron chi connectivity index (χ0n) is 11.5. The maximum Gasteiger partial charge on any atom is 0.00972 e. The van der Waals surface area contributed by atoms with Gasteiger partial charge >= 0.3 is 0 Å². The maximum absolute atomic E-state index is 6.00. The van der Waals surface area contributed by atoms with Crippen LogP contribution in [0.25, 0.3) is 0 Å². The van der Waals surface area contributed by atoms with Gasteiger partial charge in [0.25, 0.3) is 0 Å². The van der Waals surface area contributed by atoms with Crippen LogP contribution < -0.4 is 11.5 Å². The Hall–Kier alpha value is -0.0800. The average Bonchev–Trinajstić information content (AvgIpc) is 1.96. The molecule has 0 saturated heterocycles. The zero-order valence-corrected chi connectivity index (χ0v) is 11.5. The molecule has 0 aliphatic heterocycles. The van der Waals surface area contributed by atoms with E-state index in [0.717, 1.165) is 12.8 Å². The Morgan fingerprint density at radius 2 is 0.867 bits per heavy atom. The van der Waals surface area contributed by atoms with Crippen LogP contribution >= 0.6 is 0 Å².